The molecule has 0 radical (unpaired) electrons. The number of anilines is 1. The fourth-order valence-electron chi connectivity index (χ4n) is 5.49. The van der Waals surface area contributed by atoms with Crippen molar-refractivity contribution in [2.75, 3.05) is 58.4 Å². The number of piperazine rings is 1. The van der Waals surface area contributed by atoms with Gasteiger partial charge in [-0.2, -0.15) is 5.10 Å². The summed E-state index contributed by atoms with van der Waals surface area (Å²) < 4.78 is 21.4. The third-order valence-electron chi connectivity index (χ3n) is 7.79. The van der Waals surface area contributed by atoms with E-state index in [1.54, 1.807) is 13.2 Å². The average Bonchev–Trinajstić information content (AvgIpc) is 3.67. The highest BCUT2D eigenvalue weighted by molar-refractivity contribution is 5.83. The van der Waals surface area contributed by atoms with Gasteiger partial charge in [0.1, 0.15) is 11.6 Å². The van der Waals surface area contributed by atoms with E-state index in [1.807, 2.05) is 40.8 Å². The van der Waals surface area contributed by atoms with Crippen LogP contribution in [0.1, 0.15) is 35.6 Å². The molecule has 5 rings (SSSR count). The number of hydrogen-bond acceptors (Lipinski definition) is 5. The maximum Gasteiger partial charge on any atom is 0.226 e. The Morgan fingerprint density at radius 3 is 2.58 bits per heavy atom. The highest BCUT2D eigenvalue weighted by Crippen LogP contribution is 2.48. The van der Waals surface area contributed by atoms with E-state index >= 15 is 0 Å². The molecule has 8 heteroatoms. The van der Waals surface area contributed by atoms with Crippen molar-refractivity contribution in [3.63, 3.8) is 0 Å². The molecule has 1 saturated heterocycles. The van der Waals surface area contributed by atoms with Gasteiger partial charge in [-0.05, 0) is 56.5 Å². The standard InChI is InChI=1S/C30H38FN5O2/c1-22-28(21-35(13-8-18-38-3)30(37)27-20-26(27)23-9-5-4-6-10-23)29(34-16-14-33(2)15-17-34)36(32-22)25-12-7-11-24(31)19-25/h4-7,9-12,19,26-27H,8,13-18,20-21H2,1-3H3/t26-,27?/m0/s1. The molecule has 7 nitrogen and oxygen atoms in total. The number of carbonyl (C=O) groups is 1. The summed E-state index contributed by atoms with van der Waals surface area (Å²) in [5, 5.41) is 4.88. The maximum absolute atomic E-state index is 14.2. The van der Waals surface area contributed by atoms with Crippen molar-refractivity contribution in [1.82, 2.24) is 19.6 Å². The first-order valence-corrected chi connectivity index (χ1v) is 13.6. The van der Waals surface area contributed by atoms with Crippen molar-refractivity contribution < 1.29 is 13.9 Å². The molecule has 1 unspecified atom stereocenters. The summed E-state index contributed by atoms with van der Waals surface area (Å²) in [6, 6.07) is 16.9. The van der Waals surface area contributed by atoms with E-state index in [9.17, 15) is 9.18 Å². The maximum atomic E-state index is 14.2. The van der Waals surface area contributed by atoms with Crippen LogP contribution in [0.4, 0.5) is 10.2 Å². The molecule has 1 amide bonds. The predicted molar refractivity (Wildman–Crippen MR) is 147 cm³/mol. The molecule has 2 aromatic carbocycles. The molecular formula is C30H38FN5O2. The second kappa shape index (κ2) is 11.7. The van der Waals surface area contributed by atoms with Crippen molar-refractivity contribution in [2.45, 2.75) is 32.2 Å². The van der Waals surface area contributed by atoms with E-state index in [0.717, 1.165) is 56.1 Å². The van der Waals surface area contributed by atoms with Crippen molar-refractivity contribution >= 4 is 11.7 Å². The van der Waals surface area contributed by atoms with E-state index < -0.39 is 0 Å². The van der Waals surface area contributed by atoms with Crippen LogP contribution in [0.2, 0.25) is 0 Å². The minimum atomic E-state index is -0.293. The molecule has 202 valence electrons. The van der Waals surface area contributed by atoms with Crippen LogP contribution in [0, 0.1) is 18.7 Å². The number of amides is 1. The molecule has 1 aliphatic heterocycles. The molecule has 3 aromatic rings. The van der Waals surface area contributed by atoms with Crippen LogP contribution in [-0.4, -0.2) is 79.0 Å². The number of carbonyl (C=O) groups excluding carboxylic acids is 1. The second-order valence-corrected chi connectivity index (χ2v) is 10.5. The van der Waals surface area contributed by atoms with Gasteiger partial charge in [-0.25, -0.2) is 9.07 Å². The van der Waals surface area contributed by atoms with Gasteiger partial charge >= 0.3 is 0 Å². The Labute approximate surface area is 224 Å². The lowest BCUT2D eigenvalue weighted by molar-refractivity contribution is -0.133. The fraction of sp³-hybridized carbons (Fsp3) is 0.467. The number of halogens is 1. The largest absolute Gasteiger partial charge is 0.385 e. The number of hydrogen-bond donors (Lipinski definition) is 0. The lowest BCUT2D eigenvalue weighted by Crippen LogP contribution is -2.45. The molecule has 38 heavy (non-hydrogen) atoms. The molecule has 1 aliphatic carbocycles. The van der Waals surface area contributed by atoms with Gasteiger partial charge in [-0.3, -0.25) is 4.79 Å². The Balaban J connectivity index is 1.46. The summed E-state index contributed by atoms with van der Waals surface area (Å²) in [4.78, 5) is 20.5. The van der Waals surface area contributed by atoms with Gasteiger partial charge in [0.15, 0.2) is 0 Å². The first-order valence-electron chi connectivity index (χ1n) is 13.6. The van der Waals surface area contributed by atoms with E-state index in [1.165, 1.54) is 17.7 Å². The third kappa shape index (κ3) is 5.76. The Bertz CT molecular complexity index is 1240. The number of likely N-dealkylation sites (N-methyl/N-ethyl adjacent to an activating group) is 1. The highest BCUT2D eigenvalue weighted by atomic mass is 19.1. The minimum Gasteiger partial charge on any atom is -0.385 e. The van der Waals surface area contributed by atoms with Crippen LogP contribution in [0.3, 0.4) is 0 Å². The smallest absolute Gasteiger partial charge is 0.226 e. The second-order valence-electron chi connectivity index (χ2n) is 10.5. The Kier molecular flexibility index (Phi) is 8.09. The number of aromatic nitrogens is 2. The number of benzene rings is 2. The van der Waals surface area contributed by atoms with Crippen LogP contribution >= 0.6 is 0 Å². The van der Waals surface area contributed by atoms with Crippen LogP contribution < -0.4 is 4.90 Å². The molecular weight excluding hydrogens is 481 g/mol. The third-order valence-corrected chi connectivity index (χ3v) is 7.79. The number of aryl methyl sites for hydroxylation is 1. The number of rotatable bonds is 10. The van der Waals surface area contributed by atoms with Gasteiger partial charge in [0.2, 0.25) is 5.91 Å². The van der Waals surface area contributed by atoms with Crippen molar-refractivity contribution in [1.29, 1.82) is 0 Å². The molecule has 0 N–H and O–H groups in total. The molecule has 2 heterocycles. The van der Waals surface area contributed by atoms with E-state index in [-0.39, 0.29) is 23.6 Å². The summed E-state index contributed by atoms with van der Waals surface area (Å²) >= 11 is 0. The van der Waals surface area contributed by atoms with E-state index in [4.69, 9.17) is 9.84 Å². The summed E-state index contributed by atoms with van der Waals surface area (Å²) in [6.07, 6.45) is 1.66. The van der Waals surface area contributed by atoms with Crippen molar-refractivity contribution in [3.05, 3.63) is 77.2 Å². The molecule has 2 atom stereocenters. The van der Waals surface area contributed by atoms with Gasteiger partial charge in [0.25, 0.3) is 0 Å². The summed E-state index contributed by atoms with van der Waals surface area (Å²) in [5.74, 6) is 1.14. The van der Waals surface area contributed by atoms with Crippen LogP contribution in [0.5, 0.6) is 0 Å². The monoisotopic (exact) mass is 519 g/mol. The lowest BCUT2D eigenvalue weighted by atomic mass is 10.1. The van der Waals surface area contributed by atoms with Gasteiger partial charge in [0, 0.05) is 57.9 Å². The number of ether oxygens (including phenoxy) is 1. The van der Waals surface area contributed by atoms with Gasteiger partial charge < -0.3 is 19.4 Å². The van der Waals surface area contributed by atoms with E-state index in [2.05, 4.69) is 29.0 Å². The Morgan fingerprint density at radius 1 is 1.11 bits per heavy atom. The summed E-state index contributed by atoms with van der Waals surface area (Å²) in [5.41, 5.74) is 3.82. The highest BCUT2D eigenvalue weighted by Gasteiger charge is 2.45. The first-order chi connectivity index (χ1) is 18.5. The Morgan fingerprint density at radius 2 is 1.87 bits per heavy atom. The van der Waals surface area contributed by atoms with Crippen molar-refractivity contribution in [3.8, 4) is 5.69 Å². The topological polar surface area (TPSA) is 53.8 Å². The van der Waals surface area contributed by atoms with Crippen molar-refractivity contribution in [2.24, 2.45) is 5.92 Å². The quantitative estimate of drug-likeness (QED) is 0.375. The molecule has 0 spiro atoms. The zero-order chi connectivity index (χ0) is 26.6. The predicted octanol–water partition coefficient (Wildman–Crippen LogP) is 4.24. The molecule has 1 saturated carbocycles. The number of nitrogens with zero attached hydrogens (tertiary/aromatic N) is 5. The Hall–Kier alpha value is -3.23. The first kappa shape index (κ1) is 26.4. The zero-order valence-electron chi connectivity index (χ0n) is 22.6. The van der Waals surface area contributed by atoms with Crippen LogP contribution in [-0.2, 0) is 16.1 Å². The molecule has 1 aromatic heterocycles. The normalized spacial score (nSPS) is 19.5. The zero-order valence-corrected chi connectivity index (χ0v) is 22.6. The minimum absolute atomic E-state index is 0.00519. The lowest BCUT2D eigenvalue weighted by Gasteiger charge is -2.35. The SMILES string of the molecule is COCCCN(Cc1c(C)nn(-c2cccc(F)c2)c1N1CCN(C)CC1)C(=O)C1C[C@H]1c1ccccc1. The summed E-state index contributed by atoms with van der Waals surface area (Å²) in [7, 11) is 3.82. The fourth-order valence-corrected chi connectivity index (χ4v) is 5.49. The molecule has 2 aliphatic rings. The molecule has 0 bridgehead atoms. The van der Waals surface area contributed by atoms with Gasteiger partial charge in [-0.15, -0.1) is 0 Å². The molecule has 2 fully saturated rings. The number of methoxy groups -OCH3 is 1. The average molecular weight is 520 g/mol. The summed E-state index contributed by atoms with van der Waals surface area (Å²) in [6.45, 7) is 7.26. The van der Waals surface area contributed by atoms with Gasteiger partial charge in [0.05, 0.1) is 17.9 Å². The van der Waals surface area contributed by atoms with Crippen LogP contribution in [0.25, 0.3) is 5.69 Å². The van der Waals surface area contributed by atoms with Crippen LogP contribution in [0.15, 0.2) is 54.6 Å². The van der Waals surface area contributed by atoms with E-state index in [0.29, 0.717) is 25.4 Å². The van der Waals surface area contributed by atoms with Gasteiger partial charge in [-0.1, -0.05) is 36.4 Å².